The molecule has 2 amide bonds. The van der Waals surface area contributed by atoms with E-state index in [4.69, 9.17) is 0 Å². The summed E-state index contributed by atoms with van der Waals surface area (Å²) in [6.07, 6.45) is -6.16. The van der Waals surface area contributed by atoms with Gasteiger partial charge in [-0.1, -0.05) is 17.7 Å². The van der Waals surface area contributed by atoms with Crippen molar-refractivity contribution in [1.29, 1.82) is 0 Å². The third-order valence-corrected chi connectivity index (χ3v) is 3.06. The smallest absolute Gasteiger partial charge is 0.380 e. The first kappa shape index (κ1) is 18.0. The number of aliphatic hydroxyl groups is 1. The van der Waals surface area contributed by atoms with Crippen LogP contribution >= 0.6 is 0 Å². The zero-order valence-corrected chi connectivity index (χ0v) is 12.3. The quantitative estimate of drug-likeness (QED) is 0.743. The largest absolute Gasteiger partial charge is 0.417 e. The summed E-state index contributed by atoms with van der Waals surface area (Å²) in [5, 5.41) is 9.18. The van der Waals surface area contributed by atoms with Crippen LogP contribution in [0.3, 0.4) is 0 Å². The second-order valence-corrected chi connectivity index (χ2v) is 5.27. The third kappa shape index (κ3) is 4.45. The minimum atomic E-state index is -4.94. The fourth-order valence-electron chi connectivity index (χ4n) is 1.72. The molecular weight excluding hydrogens is 301 g/mol. The molecule has 0 aromatic heterocycles. The molecule has 1 rings (SSSR count). The maximum absolute atomic E-state index is 12.4. The summed E-state index contributed by atoms with van der Waals surface area (Å²) in [6, 6.07) is 4.99. The Balaban J connectivity index is 2.63. The predicted octanol–water partition coefficient (Wildman–Crippen LogP) is 1.77. The van der Waals surface area contributed by atoms with Crippen LogP contribution in [0.1, 0.15) is 34.8 Å². The number of hydrogen-bond donors (Lipinski definition) is 3. The second kappa shape index (κ2) is 6.35. The molecule has 0 unspecified atom stereocenters. The zero-order chi connectivity index (χ0) is 17.1. The number of carbonyl (C=O) groups is 2. The molecule has 0 heterocycles. The summed E-state index contributed by atoms with van der Waals surface area (Å²) < 4.78 is 37.3. The molecule has 0 saturated carbocycles. The first-order valence-corrected chi connectivity index (χ1v) is 6.39. The van der Waals surface area contributed by atoms with Gasteiger partial charge in [-0.15, -0.1) is 0 Å². The Hall–Kier alpha value is -2.09. The number of hydrazine groups is 1. The Morgan fingerprint density at radius 2 is 1.77 bits per heavy atom. The summed E-state index contributed by atoms with van der Waals surface area (Å²) in [5.41, 5.74) is 2.59. The highest BCUT2D eigenvalue weighted by atomic mass is 19.4. The van der Waals surface area contributed by atoms with Gasteiger partial charge >= 0.3 is 6.18 Å². The number of halogens is 3. The van der Waals surface area contributed by atoms with Crippen molar-refractivity contribution in [3.8, 4) is 0 Å². The lowest BCUT2D eigenvalue weighted by atomic mass is 10.0. The molecule has 0 aliphatic heterocycles. The van der Waals surface area contributed by atoms with Crippen LogP contribution in [0, 0.1) is 13.8 Å². The van der Waals surface area contributed by atoms with Gasteiger partial charge in [0.05, 0.1) is 6.42 Å². The van der Waals surface area contributed by atoms with Crippen molar-refractivity contribution in [3.05, 3.63) is 34.9 Å². The zero-order valence-electron chi connectivity index (χ0n) is 12.3. The number of alkyl halides is 3. The molecule has 0 bridgehead atoms. The van der Waals surface area contributed by atoms with Crippen LogP contribution in [0.2, 0.25) is 0 Å². The Bertz CT molecular complexity index is 583. The summed E-state index contributed by atoms with van der Waals surface area (Å²) in [6.45, 7) is 4.02. The number of carbonyl (C=O) groups excluding carboxylic acids is 2. The second-order valence-electron chi connectivity index (χ2n) is 5.27. The van der Waals surface area contributed by atoms with Crippen LogP contribution in [0.15, 0.2) is 18.2 Å². The molecular formula is C14H17F3N2O3. The lowest BCUT2D eigenvalue weighted by molar-refractivity contribution is -0.253. The number of rotatable bonds is 3. The molecule has 0 aliphatic rings. The summed E-state index contributed by atoms with van der Waals surface area (Å²) in [4.78, 5) is 23.2. The van der Waals surface area contributed by atoms with Crippen LogP contribution in [0.5, 0.6) is 0 Å². The van der Waals surface area contributed by atoms with Crippen LogP contribution < -0.4 is 10.9 Å². The van der Waals surface area contributed by atoms with Gasteiger partial charge in [-0.05, 0) is 32.4 Å². The Morgan fingerprint density at radius 1 is 1.18 bits per heavy atom. The van der Waals surface area contributed by atoms with E-state index < -0.39 is 30.0 Å². The molecule has 22 heavy (non-hydrogen) atoms. The van der Waals surface area contributed by atoms with Gasteiger partial charge in [0, 0.05) is 5.56 Å². The van der Waals surface area contributed by atoms with E-state index in [2.05, 4.69) is 0 Å². The van der Waals surface area contributed by atoms with Gasteiger partial charge in [-0.2, -0.15) is 13.2 Å². The fourth-order valence-corrected chi connectivity index (χ4v) is 1.72. The maximum atomic E-state index is 12.4. The monoisotopic (exact) mass is 318 g/mol. The van der Waals surface area contributed by atoms with Gasteiger partial charge in [0.15, 0.2) is 5.60 Å². The van der Waals surface area contributed by atoms with Crippen LogP contribution in [-0.4, -0.2) is 28.7 Å². The minimum Gasteiger partial charge on any atom is -0.380 e. The lowest BCUT2D eigenvalue weighted by Crippen LogP contribution is -2.49. The summed E-state index contributed by atoms with van der Waals surface area (Å²) >= 11 is 0. The molecule has 0 fully saturated rings. The Labute approximate surface area is 125 Å². The molecule has 3 N–H and O–H groups in total. The summed E-state index contributed by atoms with van der Waals surface area (Å²) in [5.74, 6) is -1.81. The normalized spacial score (nSPS) is 14.1. The highest BCUT2D eigenvalue weighted by molar-refractivity contribution is 5.96. The molecule has 0 saturated heterocycles. The van der Waals surface area contributed by atoms with E-state index >= 15 is 0 Å². The van der Waals surface area contributed by atoms with Gasteiger partial charge in [-0.3, -0.25) is 20.4 Å². The van der Waals surface area contributed by atoms with Crippen molar-refractivity contribution in [2.24, 2.45) is 0 Å². The number of amides is 2. The van der Waals surface area contributed by atoms with E-state index in [1.165, 1.54) is 6.07 Å². The minimum absolute atomic E-state index is 0.286. The number of hydrogen-bond acceptors (Lipinski definition) is 3. The average molecular weight is 318 g/mol. The highest BCUT2D eigenvalue weighted by Gasteiger charge is 2.51. The first-order chi connectivity index (χ1) is 9.94. The number of aryl methyl sites for hydroxylation is 2. The molecule has 122 valence electrons. The standard InChI is InChI=1S/C14H17F3N2O3/c1-8-4-5-10(9(2)6-8)12(21)19-18-11(20)7-13(3,22)14(15,16)17/h4-6,22H,7H2,1-3H3,(H,18,20)(H,19,21)/t13-/m1/s1. The van der Waals surface area contributed by atoms with Gasteiger partial charge in [0.1, 0.15) is 0 Å². The molecule has 1 atom stereocenters. The van der Waals surface area contributed by atoms with Crippen LogP contribution in [0.4, 0.5) is 13.2 Å². The molecule has 0 spiro atoms. The molecule has 0 radical (unpaired) electrons. The van der Waals surface area contributed by atoms with Gasteiger partial charge in [0.25, 0.3) is 5.91 Å². The molecule has 1 aromatic rings. The topological polar surface area (TPSA) is 78.4 Å². The van der Waals surface area contributed by atoms with E-state index in [9.17, 15) is 27.9 Å². The molecule has 5 nitrogen and oxygen atoms in total. The van der Waals surface area contributed by atoms with Gasteiger partial charge in [-0.25, -0.2) is 0 Å². The van der Waals surface area contributed by atoms with E-state index in [1.54, 1.807) is 19.1 Å². The van der Waals surface area contributed by atoms with E-state index in [-0.39, 0.29) is 5.56 Å². The number of benzene rings is 1. The predicted molar refractivity (Wildman–Crippen MR) is 72.8 cm³/mol. The summed E-state index contributed by atoms with van der Waals surface area (Å²) in [7, 11) is 0. The van der Waals surface area contributed by atoms with E-state index in [1.807, 2.05) is 17.8 Å². The van der Waals surface area contributed by atoms with Crippen molar-refractivity contribution >= 4 is 11.8 Å². The van der Waals surface area contributed by atoms with Crippen LogP contribution in [0.25, 0.3) is 0 Å². The van der Waals surface area contributed by atoms with Crippen molar-refractivity contribution in [2.45, 2.75) is 39.0 Å². The molecule has 1 aromatic carbocycles. The Kier molecular flexibility index (Phi) is 5.18. The Morgan fingerprint density at radius 3 is 2.27 bits per heavy atom. The first-order valence-electron chi connectivity index (χ1n) is 6.39. The van der Waals surface area contributed by atoms with Gasteiger partial charge in [0.2, 0.25) is 5.91 Å². The SMILES string of the molecule is Cc1ccc(C(=O)NNC(=O)C[C@@](C)(O)C(F)(F)F)c(C)c1. The van der Waals surface area contributed by atoms with E-state index in [0.29, 0.717) is 12.5 Å². The van der Waals surface area contributed by atoms with Crippen molar-refractivity contribution in [3.63, 3.8) is 0 Å². The van der Waals surface area contributed by atoms with Crippen molar-refractivity contribution < 1.29 is 27.9 Å². The molecule has 8 heteroatoms. The van der Waals surface area contributed by atoms with Crippen LogP contribution in [-0.2, 0) is 4.79 Å². The van der Waals surface area contributed by atoms with Crippen molar-refractivity contribution in [1.82, 2.24) is 10.9 Å². The van der Waals surface area contributed by atoms with Gasteiger partial charge < -0.3 is 5.11 Å². The van der Waals surface area contributed by atoms with E-state index in [0.717, 1.165) is 5.56 Å². The average Bonchev–Trinajstić information content (AvgIpc) is 2.34. The fraction of sp³-hybridized carbons (Fsp3) is 0.429. The van der Waals surface area contributed by atoms with Crippen molar-refractivity contribution in [2.75, 3.05) is 0 Å². The highest BCUT2D eigenvalue weighted by Crippen LogP contribution is 2.32. The number of nitrogens with one attached hydrogen (secondary N) is 2. The maximum Gasteiger partial charge on any atom is 0.417 e. The molecule has 0 aliphatic carbocycles. The lowest BCUT2D eigenvalue weighted by Gasteiger charge is -2.25. The third-order valence-electron chi connectivity index (χ3n) is 3.06.